The minimum atomic E-state index is -0.693. The Bertz CT molecular complexity index is 482. The highest BCUT2D eigenvalue weighted by Crippen LogP contribution is 2.24. The lowest BCUT2D eigenvalue weighted by Crippen LogP contribution is -2.37. The molecule has 0 spiro atoms. The van der Waals surface area contributed by atoms with E-state index in [4.69, 9.17) is 10.00 Å². The van der Waals surface area contributed by atoms with Crippen LogP contribution in [-0.4, -0.2) is 18.8 Å². The summed E-state index contributed by atoms with van der Waals surface area (Å²) in [6, 6.07) is 3.82. The van der Waals surface area contributed by atoms with Crippen LogP contribution < -0.4 is 5.32 Å². The first-order chi connectivity index (χ1) is 9.04. The van der Waals surface area contributed by atoms with Crippen LogP contribution in [-0.2, 0) is 11.3 Å². The molecular weight excluding hydrogens is 250 g/mol. The van der Waals surface area contributed by atoms with Crippen molar-refractivity contribution in [3.8, 4) is 6.07 Å². The van der Waals surface area contributed by atoms with E-state index in [0.29, 0.717) is 6.54 Å². The number of nitrogens with zero attached hydrogens (tertiary/aromatic N) is 1. The summed E-state index contributed by atoms with van der Waals surface area (Å²) in [6.07, 6.45) is 1.95. The molecule has 0 aliphatic carbocycles. The van der Waals surface area contributed by atoms with Crippen LogP contribution >= 0.6 is 0 Å². The summed E-state index contributed by atoms with van der Waals surface area (Å²) < 4.78 is 32.8. The highest BCUT2D eigenvalue weighted by molar-refractivity contribution is 5.34. The fourth-order valence-electron chi connectivity index (χ4n) is 2.26. The SMILES string of the molecule is CC1(CNCc2c(F)cc(C#N)cc2F)CCCO1. The molecule has 1 heterocycles. The quantitative estimate of drug-likeness (QED) is 0.910. The molecule has 1 N–H and O–H groups in total. The van der Waals surface area contributed by atoms with Gasteiger partial charge in [-0.1, -0.05) is 0 Å². The largest absolute Gasteiger partial charge is 0.374 e. The molecule has 1 aliphatic heterocycles. The third-order valence-corrected chi connectivity index (χ3v) is 3.37. The molecule has 5 heteroatoms. The zero-order chi connectivity index (χ0) is 13.9. The van der Waals surface area contributed by atoms with Gasteiger partial charge < -0.3 is 10.1 Å². The van der Waals surface area contributed by atoms with Gasteiger partial charge >= 0.3 is 0 Å². The maximum atomic E-state index is 13.6. The average molecular weight is 266 g/mol. The van der Waals surface area contributed by atoms with E-state index in [1.165, 1.54) is 0 Å². The van der Waals surface area contributed by atoms with Gasteiger partial charge in [-0.05, 0) is 31.9 Å². The number of hydrogen-bond acceptors (Lipinski definition) is 3. The monoisotopic (exact) mass is 266 g/mol. The van der Waals surface area contributed by atoms with Crippen LogP contribution in [0.1, 0.15) is 30.9 Å². The molecule has 1 fully saturated rings. The number of nitrogens with one attached hydrogen (secondary N) is 1. The molecule has 0 radical (unpaired) electrons. The number of halogens is 2. The molecule has 0 bridgehead atoms. The molecular formula is C14H16F2N2O. The molecule has 1 atom stereocenters. The van der Waals surface area contributed by atoms with Crippen molar-refractivity contribution in [3.63, 3.8) is 0 Å². The van der Waals surface area contributed by atoms with Gasteiger partial charge in [0.25, 0.3) is 0 Å². The van der Waals surface area contributed by atoms with E-state index in [0.717, 1.165) is 31.6 Å². The van der Waals surface area contributed by atoms with E-state index >= 15 is 0 Å². The summed E-state index contributed by atoms with van der Waals surface area (Å²) in [4.78, 5) is 0. The summed E-state index contributed by atoms with van der Waals surface area (Å²) in [5.41, 5.74) is -0.301. The molecule has 0 aromatic heterocycles. The van der Waals surface area contributed by atoms with E-state index in [1.807, 2.05) is 6.92 Å². The first kappa shape index (κ1) is 13.9. The Morgan fingerprint density at radius 1 is 1.42 bits per heavy atom. The fourth-order valence-corrected chi connectivity index (χ4v) is 2.26. The highest BCUT2D eigenvalue weighted by Gasteiger charge is 2.29. The third-order valence-electron chi connectivity index (χ3n) is 3.37. The predicted octanol–water partition coefficient (Wildman–Crippen LogP) is 2.50. The minimum absolute atomic E-state index is 0.00941. The van der Waals surface area contributed by atoms with E-state index in [1.54, 1.807) is 6.07 Å². The van der Waals surface area contributed by atoms with Crippen molar-refractivity contribution in [3.05, 3.63) is 34.9 Å². The summed E-state index contributed by atoms with van der Waals surface area (Å²) in [6.45, 7) is 3.35. The van der Waals surface area contributed by atoms with Gasteiger partial charge in [-0.25, -0.2) is 8.78 Å². The van der Waals surface area contributed by atoms with Crippen LogP contribution in [0, 0.1) is 23.0 Å². The minimum Gasteiger partial charge on any atom is -0.374 e. The van der Waals surface area contributed by atoms with Gasteiger partial charge in [0.05, 0.1) is 17.2 Å². The van der Waals surface area contributed by atoms with Gasteiger partial charge in [0.2, 0.25) is 0 Å². The van der Waals surface area contributed by atoms with Gasteiger partial charge in [-0.3, -0.25) is 0 Å². The van der Waals surface area contributed by atoms with E-state index in [9.17, 15) is 8.78 Å². The Labute approximate surface area is 111 Å². The molecule has 19 heavy (non-hydrogen) atoms. The number of hydrogen-bond donors (Lipinski definition) is 1. The fraction of sp³-hybridized carbons (Fsp3) is 0.500. The predicted molar refractivity (Wildman–Crippen MR) is 66.4 cm³/mol. The van der Waals surface area contributed by atoms with Crippen molar-refractivity contribution in [1.82, 2.24) is 5.32 Å². The highest BCUT2D eigenvalue weighted by atomic mass is 19.1. The van der Waals surface area contributed by atoms with Crippen LogP contribution in [0.4, 0.5) is 8.78 Å². The van der Waals surface area contributed by atoms with Crippen molar-refractivity contribution < 1.29 is 13.5 Å². The van der Waals surface area contributed by atoms with Crippen LogP contribution in [0.15, 0.2) is 12.1 Å². The molecule has 1 aromatic carbocycles. The number of benzene rings is 1. The number of ether oxygens (including phenoxy) is 1. The summed E-state index contributed by atoms with van der Waals surface area (Å²) >= 11 is 0. The van der Waals surface area contributed by atoms with Gasteiger partial charge in [0.15, 0.2) is 0 Å². The number of rotatable bonds is 4. The standard InChI is InChI=1S/C14H16F2N2O/c1-14(3-2-4-19-14)9-18-8-11-12(15)5-10(7-17)6-13(11)16/h5-6,18H,2-4,8-9H2,1H3. The zero-order valence-corrected chi connectivity index (χ0v) is 10.8. The van der Waals surface area contributed by atoms with E-state index in [-0.39, 0.29) is 23.3 Å². The Hall–Kier alpha value is -1.51. The second kappa shape index (κ2) is 5.64. The van der Waals surface area contributed by atoms with Gasteiger partial charge in [-0.2, -0.15) is 5.26 Å². The third kappa shape index (κ3) is 3.28. The van der Waals surface area contributed by atoms with Crippen molar-refractivity contribution in [2.75, 3.05) is 13.2 Å². The van der Waals surface area contributed by atoms with Crippen molar-refractivity contribution in [1.29, 1.82) is 5.26 Å². The van der Waals surface area contributed by atoms with Crippen LogP contribution in [0.5, 0.6) is 0 Å². The lowest BCUT2D eigenvalue weighted by atomic mass is 10.0. The Balaban J connectivity index is 1.98. The summed E-state index contributed by atoms with van der Waals surface area (Å²) in [5.74, 6) is -1.39. The zero-order valence-electron chi connectivity index (χ0n) is 10.8. The molecule has 1 aliphatic rings. The molecule has 3 nitrogen and oxygen atoms in total. The van der Waals surface area contributed by atoms with Crippen molar-refractivity contribution >= 4 is 0 Å². The first-order valence-electron chi connectivity index (χ1n) is 6.27. The Morgan fingerprint density at radius 3 is 2.63 bits per heavy atom. The van der Waals surface area contributed by atoms with Crippen LogP contribution in [0.25, 0.3) is 0 Å². The van der Waals surface area contributed by atoms with Gasteiger partial charge in [0.1, 0.15) is 11.6 Å². The second-order valence-electron chi connectivity index (χ2n) is 5.04. The molecule has 1 unspecified atom stereocenters. The van der Waals surface area contributed by atoms with Crippen LogP contribution in [0.3, 0.4) is 0 Å². The first-order valence-corrected chi connectivity index (χ1v) is 6.27. The topological polar surface area (TPSA) is 45.0 Å². The molecule has 102 valence electrons. The maximum absolute atomic E-state index is 13.6. The molecule has 1 saturated heterocycles. The smallest absolute Gasteiger partial charge is 0.131 e. The Morgan fingerprint density at radius 2 is 2.11 bits per heavy atom. The second-order valence-corrected chi connectivity index (χ2v) is 5.04. The molecule has 0 amide bonds. The van der Waals surface area contributed by atoms with Gasteiger partial charge in [0, 0.05) is 25.3 Å². The van der Waals surface area contributed by atoms with Gasteiger partial charge in [-0.15, -0.1) is 0 Å². The normalized spacial score (nSPS) is 22.4. The lowest BCUT2D eigenvalue weighted by molar-refractivity contribution is 0.0205. The molecule has 0 saturated carbocycles. The van der Waals surface area contributed by atoms with E-state index in [2.05, 4.69) is 5.32 Å². The molecule has 1 aromatic rings. The van der Waals surface area contributed by atoms with Crippen molar-refractivity contribution in [2.45, 2.75) is 31.9 Å². The molecule has 2 rings (SSSR count). The lowest BCUT2D eigenvalue weighted by Gasteiger charge is -2.23. The maximum Gasteiger partial charge on any atom is 0.131 e. The van der Waals surface area contributed by atoms with Crippen LogP contribution in [0.2, 0.25) is 0 Å². The average Bonchev–Trinajstić information content (AvgIpc) is 2.79. The van der Waals surface area contributed by atoms with E-state index < -0.39 is 11.6 Å². The number of nitriles is 1. The Kier molecular flexibility index (Phi) is 4.13. The van der Waals surface area contributed by atoms with Crippen molar-refractivity contribution in [2.24, 2.45) is 0 Å². The summed E-state index contributed by atoms with van der Waals surface area (Å²) in [7, 11) is 0. The summed E-state index contributed by atoms with van der Waals surface area (Å²) in [5, 5.41) is 11.6.